The summed E-state index contributed by atoms with van der Waals surface area (Å²) in [6.07, 6.45) is 2.46. The van der Waals surface area contributed by atoms with E-state index in [1.54, 1.807) is 22.2 Å². The predicted molar refractivity (Wildman–Crippen MR) is 69.4 cm³/mol. The quantitative estimate of drug-likeness (QED) is 0.647. The van der Waals surface area contributed by atoms with Crippen LogP contribution >= 0.6 is 11.3 Å². The van der Waals surface area contributed by atoms with Crippen molar-refractivity contribution in [1.29, 1.82) is 0 Å². The molecular weight excluding hydrogens is 232 g/mol. The molecule has 3 aromatic rings. The van der Waals surface area contributed by atoms with Gasteiger partial charge in [0.15, 0.2) is 6.29 Å². The number of hydrogen-bond donors (Lipinski definition) is 0. The van der Waals surface area contributed by atoms with Gasteiger partial charge in [0.25, 0.3) is 0 Å². The fourth-order valence-electron chi connectivity index (χ4n) is 2.03. The number of rotatable bonds is 2. The highest BCUT2D eigenvalue weighted by Gasteiger charge is 2.14. The molecule has 0 N–H and O–H groups in total. The minimum absolute atomic E-state index is 0.635. The molecule has 4 heteroatoms. The van der Waals surface area contributed by atoms with Gasteiger partial charge in [-0.2, -0.15) is 5.10 Å². The molecule has 2 aromatic heterocycles. The monoisotopic (exact) mass is 242 g/mol. The third-order valence-electron chi connectivity index (χ3n) is 2.83. The minimum atomic E-state index is 0.635. The van der Waals surface area contributed by atoms with Gasteiger partial charge in [0.1, 0.15) is 0 Å². The van der Waals surface area contributed by atoms with E-state index in [2.05, 4.69) is 22.6 Å². The summed E-state index contributed by atoms with van der Waals surface area (Å²) in [6, 6.07) is 8.19. The molecular formula is C13H10N2OS. The molecule has 0 saturated carbocycles. The van der Waals surface area contributed by atoms with Crippen molar-refractivity contribution in [3.8, 4) is 11.3 Å². The number of aldehydes is 1. The van der Waals surface area contributed by atoms with E-state index >= 15 is 0 Å². The number of hydrogen-bond acceptors (Lipinski definition) is 3. The smallest absolute Gasteiger partial charge is 0.153 e. The lowest BCUT2D eigenvalue weighted by Crippen LogP contribution is -1.94. The van der Waals surface area contributed by atoms with Gasteiger partial charge >= 0.3 is 0 Å². The molecule has 3 nitrogen and oxygen atoms in total. The summed E-state index contributed by atoms with van der Waals surface area (Å²) < 4.78 is 2.97. The van der Waals surface area contributed by atoms with Crippen LogP contribution in [-0.4, -0.2) is 16.1 Å². The second kappa shape index (κ2) is 3.82. The Morgan fingerprint density at radius 1 is 1.35 bits per heavy atom. The molecule has 0 atom stereocenters. The van der Waals surface area contributed by atoms with Gasteiger partial charge in [-0.25, -0.2) is 0 Å². The fraction of sp³-hybridized carbons (Fsp3) is 0.0769. The number of carbonyl (C=O) groups is 1. The lowest BCUT2D eigenvalue weighted by Gasteiger charge is -2.01. The van der Waals surface area contributed by atoms with Crippen LogP contribution in [0, 0.1) is 0 Å². The van der Waals surface area contributed by atoms with Crippen LogP contribution in [0.1, 0.15) is 10.4 Å². The van der Waals surface area contributed by atoms with E-state index in [0.717, 1.165) is 17.5 Å². The van der Waals surface area contributed by atoms with Crippen molar-refractivity contribution in [2.24, 2.45) is 7.05 Å². The molecule has 0 fully saturated rings. The first-order valence-corrected chi connectivity index (χ1v) is 6.13. The Bertz CT molecular complexity index is 696. The molecule has 0 bridgehead atoms. The Labute approximate surface area is 102 Å². The van der Waals surface area contributed by atoms with Gasteiger partial charge in [0.2, 0.25) is 0 Å². The minimum Gasteiger partial charge on any atom is -0.298 e. The van der Waals surface area contributed by atoms with Crippen LogP contribution < -0.4 is 0 Å². The molecule has 1 aromatic carbocycles. The molecule has 0 spiro atoms. The van der Waals surface area contributed by atoms with Crippen molar-refractivity contribution < 1.29 is 4.79 Å². The van der Waals surface area contributed by atoms with Crippen molar-refractivity contribution in [3.63, 3.8) is 0 Å². The number of benzene rings is 1. The molecule has 84 valence electrons. The van der Waals surface area contributed by atoms with Crippen LogP contribution in [0.3, 0.4) is 0 Å². The lowest BCUT2D eigenvalue weighted by molar-refractivity contribution is 0.112. The fourth-order valence-corrected chi connectivity index (χ4v) is 2.98. The van der Waals surface area contributed by atoms with E-state index in [-0.39, 0.29) is 0 Å². The van der Waals surface area contributed by atoms with Gasteiger partial charge in [0, 0.05) is 28.1 Å². The molecule has 0 aliphatic rings. The molecule has 0 aliphatic carbocycles. The number of nitrogens with zero attached hydrogens (tertiary/aromatic N) is 2. The van der Waals surface area contributed by atoms with Crippen molar-refractivity contribution in [2.75, 3.05) is 0 Å². The summed E-state index contributed by atoms with van der Waals surface area (Å²) in [5.41, 5.74) is 2.60. The first-order valence-electron chi connectivity index (χ1n) is 5.25. The molecule has 2 heterocycles. The van der Waals surface area contributed by atoms with Gasteiger partial charge in [-0.1, -0.05) is 18.2 Å². The summed E-state index contributed by atoms with van der Waals surface area (Å²) >= 11 is 1.68. The van der Waals surface area contributed by atoms with E-state index in [1.807, 2.05) is 19.2 Å². The summed E-state index contributed by atoms with van der Waals surface area (Å²) in [4.78, 5) is 11.0. The van der Waals surface area contributed by atoms with Crippen LogP contribution in [0.15, 0.2) is 35.8 Å². The molecule has 0 aliphatic heterocycles. The maximum absolute atomic E-state index is 11.0. The molecule has 0 unspecified atom stereocenters. The van der Waals surface area contributed by atoms with E-state index in [1.165, 1.54) is 10.1 Å². The van der Waals surface area contributed by atoms with E-state index in [9.17, 15) is 4.79 Å². The van der Waals surface area contributed by atoms with Crippen LogP contribution in [0.25, 0.3) is 21.3 Å². The summed E-state index contributed by atoms with van der Waals surface area (Å²) in [5.74, 6) is 0. The van der Waals surface area contributed by atoms with Crippen molar-refractivity contribution in [3.05, 3.63) is 41.4 Å². The molecule has 0 amide bonds. The van der Waals surface area contributed by atoms with E-state index < -0.39 is 0 Å². The van der Waals surface area contributed by atoms with Crippen LogP contribution in [0.4, 0.5) is 0 Å². The first-order chi connectivity index (χ1) is 8.31. The highest BCUT2D eigenvalue weighted by molar-refractivity contribution is 7.17. The maximum Gasteiger partial charge on any atom is 0.153 e. The Kier molecular flexibility index (Phi) is 2.30. The lowest BCUT2D eigenvalue weighted by atomic mass is 10.1. The van der Waals surface area contributed by atoms with Crippen molar-refractivity contribution in [1.82, 2.24) is 9.78 Å². The average molecular weight is 242 g/mol. The van der Waals surface area contributed by atoms with Crippen LogP contribution in [-0.2, 0) is 7.05 Å². The number of thiophene rings is 1. The van der Waals surface area contributed by atoms with Gasteiger partial charge in [0.05, 0.1) is 17.5 Å². The Morgan fingerprint density at radius 3 is 3.00 bits per heavy atom. The highest BCUT2D eigenvalue weighted by atomic mass is 32.1. The Balaban J connectivity index is 2.34. The van der Waals surface area contributed by atoms with E-state index in [4.69, 9.17) is 0 Å². The van der Waals surface area contributed by atoms with Gasteiger partial charge < -0.3 is 0 Å². The van der Waals surface area contributed by atoms with Crippen LogP contribution in [0.5, 0.6) is 0 Å². The zero-order valence-electron chi connectivity index (χ0n) is 9.25. The second-order valence-electron chi connectivity index (χ2n) is 3.84. The first kappa shape index (κ1) is 10.2. The topological polar surface area (TPSA) is 34.9 Å². The van der Waals surface area contributed by atoms with Gasteiger partial charge in [-0.3, -0.25) is 9.48 Å². The van der Waals surface area contributed by atoms with Crippen LogP contribution in [0.2, 0.25) is 0 Å². The molecule has 17 heavy (non-hydrogen) atoms. The van der Waals surface area contributed by atoms with Crippen molar-refractivity contribution >= 4 is 27.7 Å². The summed E-state index contributed by atoms with van der Waals surface area (Å²) in [6.45, 7) is 0. The van der Waals surface area contributed by atoms with E-state index in [0.29, 0.717) is 5.56 Å². The van der Waals surface area contributed by atoms with Crippen molar-refractivity contribution in [2.45, 2.75) is 0 Å². The third kappa shape index (κ3) is 1.49. The Morgan fingerprint density at radius 2 is 2.18 bits per heavy atom. The predicted octanol–water partition coefficient (Wildman–Crippen LogP) is 3.11. The number of fused-ring (bicyclic) bond motifs is 1. The second-order valence-corrected chi connectivity index (χ2v) is 4.75. The zero-order chi connectivity index (χ0) is 11.8. The summed E-state index contributed by atoms with van der Waals surface area (Å²) in [7, 11) is 1.86. The number of aromatic nitrogens is 2. The van der Waals surface area contributed by atoms with Gasteiger partial charge in [-0.15, -0.1) is 11.3 Å². The summed E-state index contributed by atoms with van der Waals surface area (Å²) in [5, 5.41) is 7.39. The maximum atomic E-state index is 11.0. The largest absolute Gasteiger partial charge is 0.298 e. The standard InChI is InChI=1S/C13H10N2OS/c1-15-13(9(7-16)6-14-15)11-8-17-12-5-3-2-4-10(11)12/h2-8H,1H3. The normalized spacial score (nSPS) is 10.9. The Hall–Kier alpha value is -1.94. The average Bonchev–Trinajstić information content (AvgIpc) is 2.92. The number of aryl methyl sites for hydroxylation is 1. The number of carbonyl (C=O) groups excluding carboxylic acids is 1. The molecule has 0 saturated heterocycles. The third-order valence-corrected chi connectivity index (χ3v) is 3.79. The molecule has 0 radical (unpaired) electrons. The van der Waals surface area contributed by atoms with Gasteiger partial charge in [-0.05, 0) is 6.07 Å². The SMILES string of the molecule is Cn1ncc(C=O)c1-c1csc2ccccc12. The highest BCUT2D eigenvalue weighted by Crippen LogP contribution is 2.34. The zero-order valence-corrected chi connectivity index (χ0v) is 10.1. The molecule has 3 rings (SSSR count).